The fourth-order valence-electron chi connectivity index (χ4n) is 1.96. The fourth-order valence-corrected chi connectivity index (χ4v) is 2.85. The van der Waals surface area contributed by atoms with Crippen LogP contribution in [-0.4, -0.2) is 7.11 Å². The Hall–Kier alpha value is -1.04. The summed E-state index contributed by atoms with van der Waals surface area (Å²) < 4.78 is 12.9. The number of methoxy groups -OCH3 is 1. The molecule has 0 bridgehead atoms. The Morgan fingerprint density at radius 3 is 2.33 bits per heavy atom. The first-order valence-corrected chi connectivity index (χ1v) is 8.20. The maximum atomic E-state index is 6.14. The topological polar surface area (TPSA) is 44.5 Å². The van der Waals surface area contributed by atoms with Crippen molar-refractivity contribution in [2.24, 2.45) is 5.73 Å². The summed E-state index contributed by atoms with van der Waals surface area (Å²) in [6.45, 7) is 2.06. The molecule has 0 aromatic heterocycles. The zero-order valence-electron chi connectivity index (χ0n) is 11.9. The first-order chi connectivity index (χ1) is 10.1. The lowest BCUT2D eigenvalue weighted by Crippen LogP contribution is -2.09. The van der Waals surface area contributed by atoms with E-state index in [1.807, 2.05) is 36.4 Å². The van der Waals surface area contributed by atoms with Crippen molar-refractivity contribution in [3.63, 3.8) is 0 Å². The normalized spacial score (nSPS) is 12.0. The molecule has 0 fully saturated rings. The number of halogens is 2. The number of nitrogens with two attached hydrogens (primary N) is 1. The van der Waals surface area contributed by atoms with Gasteiger partial charge in [-0.25, -0.2) is 0 Å². The zero-order valence-corrected chi connectivity index (χ0v) is 15.1. The predicted molar refractivity (Wildman–Crippen MR) is 92.1 cm³/mol. The number of rotatable bonds is 5. The molecule has 0 aliphatic carbocycles. The van der Waals surface area contributed by atoms with Crippen molar-refractivity contribution >= 4 is 31.9 Å². The van der Waals surface area contributed by atoms with Gasteiger partial charge < -0.3 is 15.2 Å². The van der Waals surface area contributed by atoms with Gasteiger partial charge in [-0.05, 0) is 56.5 Å². The summed E-state index contributed by atoms with van der Waals surface area (Å²) >= 11 is 6.97. The lowest BCUT2D eigenvalue weighted by atomic mass is 10.0. The highest BCUT2D eigenvalue weighted by molar-refractivity contribution is 9.11. The molecule has 21 heavy (non-hydrogen) atoms. The van der Waals surface area contributed by atoms with Gasteiger partial charge in [-0.1, -0.05) is 25.1 Å². The second-order valence-electron chi connectivity index (χ2n) is 4.57. The third-order valence-electron chi connectivity index (χ3n) is 3.18. The number of ether oxygens (including phenoxy) is 2. The lowest BCUT2D eigenvalue weighted by molar-refractivity contribution is 0.409. The van der Waals surface area contributed by atoms with Crippen LogP contribution >= 0.6 is 31.9 Å². The Kier molecular flexibility index (Phi) is 5.67. The van der Waals surface area contributed by atoms with Crippen molar-refractivity contribution in [1.82, 2.24) is 0 Å². The second-order valence-corrected chi connectivity index (χ2v) is 6.28. The molecule has 5 heteroatoms. The van der Waals surface area contributed by atoms with Crippen LogP contribution in [-0.2, 0) is 0 Å². The SMILES string of the molecule is CCC(N)c1ccccc1Oc1cc(Br)c(OC)cc1Br. The summed E-state index contributed by atoms with van der Waals surface area (Å²) in [5.41, 5.74) is 7.14. The zero-order chi connectivity index (χ0) is 15.4. The summed E-state index contributed by atoms with van der Waals surface area (Å²) in [5.74, 6) is 2.22. The van der Waals surface area contributed by atoms with E-state index in [2.05, 4.69) is 38.8 Å². The fraction of sp³-hybridized carbons (Fsp3) is 0.250. The van der Waals surface area contributed by atoms with Crippen LogP contribution in [0.3, 0.4) is 0 Å². The standard InChI is InChI=1S/C16H17Br2NO2/c1-3-13(19)10-6-4-5-7-14(10)21-16-9-11(17)15(20-2)8-12(16)18/h4-9,13H,3,19H2,1-2H3. The second kappa shape index (κ2) is 7.29. The van der Waals surface area contributed by atoms with Crippen molar-refractivity contribution in [3.05, 3.63) is 50.9 Å². The van der Waals surface area contributed by atoms with Gasteiger partial charge in [0.2, 0.25) is 0 Å². The van der Waals surface area contributed by atoms with Gasteiger partial charge in [0.1, 0.15) is 17.2 Å². The van der Waals surface area contributed by atoms with Gasteiger partial charge in [0.15, 0.2) is 0 Å². The Labute approximate surface area is 141 Å². The molecule has 0 amide bonds. The van der Waals surface area contributed by atoms with E-state index in [1.54, 1.807) is 7.11 Å². The number of para-hydroxylation sites is 1. The van der Waals surface area contributed by atoms with Crippen LogP contribution in [0.25, 0.3) is 0 Å². The van der Waals surface area contributed by atoms with Crippen molar-refractivity contribution in [1.29, 1.82) is 0 Å². The summed E-state index contributed by atoms with van der Waals surface area (Å²) in [5, 5.41) is 0. The molecule has 0 radical (unpaired) electrons. The third kappa shape index (κ3) is 3.78. The van der Waals surface area contributed by atoms with Crippen molar-refractivity contribution < 1.29 is 9.47 Å². The van der Waals surface area contributed by atoms with E-state index in [4.69, 9.17) is 15.2 Å². The van der Waals surface area contributed by atoms with E-state index in [-0.39, 0.29) is 6.04 Å². The Morgan fingerprint density at radius 2 is 1.67 bits per heavy atom. The van der Waals surface area contributed by atoms with Crippen LogP contribution in [0.5, 0.6) is 17.2 Å². The molecule has 1 unspecified atom stereocenters. The molecule has 0 saturated carbocycles. The van der Waals surface area contributed by atoms with Crippen molar-refractivity contribution in [2.45, 2.75) is 19.4 Å². The van der Waals surface area contributed by atoms with Crippen LogP contribution in [0.4, 0.5) is 0 Å². The Balaban J connectivity index is 2.37. The van der Waals surface area contributed by atoms with Gasteiger partial charge in [0.25, 0.3) is 0 Å². The molecule has 3 nitrogen and oxygen atoms in total. The molecule has 0 aliphatic rings. The smallest absolute Gasteiger partial charge is 0.143 e. The van der Waals surface area contributed by atoms with Crippen molar-refractivity contribution in [2.75, 3.05) is 7.11 Å². The molecule has 0 spiro atoms. The minimum atomic E-state index is -0.0401. The largest absolute Gasteiger partial charge is 0.496 e. The van der Waals surface area contributed by atoms with Gasteiger partial charge in [0, 0.05) is 11.6 Å². The summed E-state index contributed by atoms with van der Waals surface area (Å²) in [6, 6.07) is 11.5. The summed E-state index contributed by atoms with van der Waals surface area (Å²) in [6.07, 6.45) is 0.855. The number of benzene rings is 2. The van der Waals surface area contributed by atoms with E-state index < -0.39 is 0 Å². The van der Waals surface area contributed by atoms with Gasteiger partial charge in [-0.3, -0.25) is 0 Å². The minimum Gasteiger partial charge on any atom is -0.496 e. The maximum Gasteiger partial charge on any atom is 0.143 e. The van der Waals surface area contributed by atoms with E-state index in [0.717, 1.165) is 32.4 Å². The van der Waals surface area contributed by atoms with Gasteiger partial charge in [-0.15, -0.1) is 0 Å². The summed E-state index contributed by atoms with van der Waals surface area (Å²) in [4.78, 5) is 0. The molecular weight excluding hydrogens is 398 g/mol. The van der Waals surface area contributed by atoms with Gasteiger partial charge in [-0.2, -0.15) is 0 Å². The monoisotopic (exact) mass is 413 g/mol. The van der Waals surface area contributed by atoms with Crippen LogP contribution in [0.1, 0.15) is 24.9 Å². The van der Waals surface area contributed by atoms with Gasteiger partial charge >= 0.3 is 0 Å². The first kappa shape index (κ1) is 16.3. The molecular formula is C16H17Br2NO2. The van der Waals surface area contributed by atoms with Crippen LogP contribution < -0.4 is 15.2 Å². The molecule has 2 N–H and O–H groups in total. The van der Waals surface area contributed by atoms with Crippen molar-refractivity contribution in [3.8, 4) is 17.2 Å². The molecule has 2 aromatic carbocycles. The molecule has 0 aliphatic heterocycles. The molecule has 0 saturated heterocycles. The maximum absolute atomic E-state index is 6.14. The average Bonchev–Trinajstić information content (AvgIpc) is 2.50. The van der Waals surface area contributed by atoms with Gasteiger partial charge in [0.05, 0.1) is 16.1 Å². The van der Waals surface area contributed by atoms with Crippen LogP contribution in [0, 0.1) is 0 Å². The van der Waals surface area contributed by atoms with Crippen LogP contribution in [0.2, 0.25) is 0 Å². The lowest BCUT2D eigenvalue weighted by Gasteiger charge is -2.17. The third-order valence-corrected chi connectivity index (χ3v) is 4.42. The average molecular weight is 415 g/mol. The number of hydrogen-bond donors (Lipinski definition) is 1. The number of hydrogen-bond acceptors (Lipinski definition) is 3. The highest BCUT2D eigenvalue weighted by Crippen LogP contribution is 2.39. The Morgan fingerprint density at radius 1 is 1.05 bits per heavy atom. The molecule has 2 rings (SSSR count). The molecule has 1 atom stereocenters. The summed E-state index contributed by atoms with van der Waals surface area (Å²) in [7, 11) is 1.63. The van der Waals surface area contributed by atoms with E-state index >= 15 is 0 Å². The minimum absolute atomic E-state index is 0.0401. The highest BCUT2D eigenvalue weighted by Gasteiger charge is 2.14. The van der Waals surface area contributed by atoms with Crippen LogP contribution in [0.15, 0.2) is 45.3 Å². The first-order valence-electron chi connectivity index (χ1n) is 6.62. The van der Waals surface area contributed by atoms with E-state index in [0.29, 0.717) is 5.75 Å². The molecule has 112 valence electrons. The van der Waals surface area contributed by atoms with E-state index in [9.17, 15) is 0 Å². The molecule has 2 aromatic rings. The van der Waals surface area contributed by atoms with E-state index in [1.165, 1.54) is 0 Å². The molecule has 0 heterocycles. The Bertz CT molecular complexity index is 632. The predicted octanol–water partition coefficient (Wildman–Crippen LogP) is 5.42. The highest BCUT2D eigenvalue weighted by atomic mass is 79.9. The quantitative estimate of drug-likeness (QED) is 0.709.